The molecule has 1 heterocycles. The standard InChI is InChI=1S/C12H19NO3/c1-12(2,3)16-11(14)4-6-13-8-10-5-7-15-9-10/h5,7,9,13H,4,6,8H2,1-3H3. The van der Waals surface area contributed by atoms with E-state index in [9.17, 15) is 4.79 Å². The highest BCUT2D eigenvalue weighted by Crippen LogP contribution is 2.07. The fraction of sp³-hybridized carbons (Fsp3) is 0.583. The molecule has 0 aliphatic rings. The van der Waals surface area contributed by atoms with Crippen LogP contribution in [0, 0.1) is 0 Å². The fourth-order valence-electron chi connectivity index (χ4n) is 1.21. The van der Waals surface area contributed by atoms with Crippen LogP contribution in [0.3, 0.4) is 0 Å². The lowest BCUT2D eigenvalue weighted by Crippen LogP contribution is -2.26. The van der Waals surface area contributed by atoms with Crippen LogP contribution in [0.2, 0.25) is 0 Å². The van der Waals surface area contributed by atoms with Crippen molar-refractivity contribution in [2.24, 2.45) is 0 Å². The molecule has 0 atom stereocenters. The van der Waals surface area contributed by atoms with Gasteiger partial charge in [-0.3, -0.25) is 4.79 Å². The molecular formula is C12H19NO3. The highest BCUT2D eigenvalue weighted by molar-refractivity contribution is 5.70. The van der Waals surface area contributed by atoms with Crippen LogP contribution in [0.25, 0.3) is 0 Å². The van der Waals surface area contributed by atoms with E-state index in [2.05, 4.69) is 5.32 Å². The zero-order valence-corrected chi connectivity index (χ0v) is 10.1. The van der Waals surface area contributed by atoms with E-state index in [0.717, 1.165) is 5.56 Å². The molecule has 1 N–H and O–H groups in total. The van der Waals surface area contributed by atoms with Crippen molar-refractivity contribution >= 4 is 5.97 Å². The summed E-state index contributed by atoms with van der Waals surface area (Å²) in [6.07, 6.45) is 3.69. The minimum absolute atomic E-state index is 0.174. The van der Waals surface area contributed by atoms with Crippen LogP contribution in [0.1, 0.15) is 32.8 Å². The topological polar surface area (TPSA) is 51.5 Å². The third kappa shape index (κ3) is 5.56. The Hall–Kier alpha value is -1.29. The molecule has 1 aromatic rings. The number of carbonyl (C=O) groups is 1. The van der Waals surface area contributed by atoms with Gasteiger partial charge in [-0.05, 0) is 26.8 Å². The van der Waals surface area contributed by atoms with Crippen LogP contribution in [0.15, 0.2) is 23.0 Å². The Bertz CT molecular complexity index is 312. The van der Waals surface area contributed by atoms with Crippen molar-refractivity contribution in [1.29, 1.82) is 0 Å². The molecule has 0 aliphatic carbocycles. The first-order chi connectivity index (χ1) is 7.47. The lowest BCUT2D eigenvalue weighted by molar-refractivity contribution is -0.154. The average molecular weight is 225 g/mol. The minimum atomic E-state index is -0.401. The number of carbonyl (C=O) groups excluding carboxylic acids is 1. The quantitative estimate of drug-likeness (QED) is 0.616. The highest BCUT2D eigenvalue weighted by Gasteiger charge is 2.15. The summed E-state index contributed by atoms with van der Waals surface area (Å²) in [5.41, 5.74) is 0.672. The summed E-state index contributed by atoms with van der Waals surface area (Å²) >= 11 is 0. The van der Waals surface area contributed by atoms with Crippen LogP contribution in [-0.2, 0) is 16.1 Å². The van der Waals surface area contributed by atoms with Gasteiger partial charge >= 0.3 is 5.97 Å². The van der Waals surface area contributed by atoms with Crippen LogP contribution in [0.5, 0.6) is 0 Å². The summed E-state index contributed by atoms with van der Waals surface area (Å²) in [6.45, 7) is 6.91. The smallest absolute Gasteiger partial charge is 0.307 e. The Balaban J connectivity index is 2.09. The fourth-order valence-corrected chi connectivity index (χ4v) is 1.21. The third-order valence-electron chi connectivity index (χ3n) is 1.84. The summed E-state index contributed by atoms with van der Waals surface area (Å²) in [4.78, 5) is 11.3. The molecule has 0 radical (unpaired) electrons. The molecule has 0 bridgehead atoms. The van der Waals surface area contributed by atoms with Gasteiger partial charge in [-0.15, -0.1) is 0 Å². The molecule has 4 nitrogen and oxygen atoms in total. The van der Waals surface area contributed by atoms with E-state index in [4.69, 9.17) is 9.15 Å². The molecule has 1 aromatic heterocycles. The van der Waals surface area contributed by atoms with E-state index in [1.165, 1.54) is 0 Å². The Kier molecular flexibility index (Phi) is 4.55. The number of rotatable bonds is 5. The van der Waals surface area contributed by atoms with Gasteiger partial charge in [0.1, 0.15) is 5.60 Å². The van der Waals surface area contributed by atoms with Crippen molar-refractivity contribution in [1.82, 2.24) is 5.32 Å². The van der Waals surface area contributed by atoms with Crippen LogP contribution in [0.4, 0.5) is 0 Å². The average Bonchev–Trinajstić information content (AvgIpc) is 2.62. The van der Waals surface area contributed by atoms with Crippen molar-refractivity contribution in [2.45, 2.75) is 39.3 Å². The second kappa shape index (κ2) is 5.70. The van der Waals surface area contributed by atoms with Gasteiger partial charge in [0.25, 0.3) is 0 Å². The van der Waals surface area contributed by atoms with Crippen molar-refractivity contribution in [3.05, 3.63) is 24.2 Å². The summed E-state index contributed by atoms with van der Waals surface area (Å²) < 4.78 is 10.1. The van der Waals surface area contributed by atoms with E-state index in [1.807, 2.05) is 26.8 Å². The van der Waals surface area contributed by atoms with Crippen LogP contribution in [-0.4, -0.2) is 18.1 Å². The molecule has 4 heteroatoms. The predicted octanol–water partition coefficient (Wildman–Crippen LogP) is 2.10. The normalized spacial score (nSPS) is 11.4. The Labute approximate surface area is 96.0 Å². The number of esters is 1. The molecule has 0 aliphatic heterocycles. The van der Waals surface area contributed by atoms with E-state index in [1.54, 1.807) is 12.5 Å². The molecule has 16 heavy (non-hydrogen) atoms. The molecule has 0 aromatic carbocycles. The molecule has 0 saturated carbocycles. The maximum Gasteiger partial charge on any atom is 0.307 e. The number of nitrogens with one attached hydrogen (secondary N) is 1. The summed E-state index contributed by atoms with van der Waals surface area (Å²) in [5.74, 6) is -0.174. The number of hydrogen-bond acceptors (Lipinski definition) is 4. The van der Waals surface area contributed by atoms with E-state index >= 15 is 0 Å². The van der Waals surface area contributed by atoms with Gasteiger partial charge < -0.3 is 14.5 Å². The van der Waals surface area contributed by atoms with E-state index < -0.39 is 5.60 Å². The van der Waals surface area contributed by atoms with Crippen molar-refractivity contribution in [3.8, 4) is 0 Å². The molecular weight excluding hydrogens is 206 g/mol. The first kappa shape index (κ1) is 12.8. The van der Waals surface area contributed by atoms with Gasteiger partial charge in [-0.1, -0.05) is 0 Å². The van der Waals surface area contributed by atoms with Crippen molar-refractivity contribution in [3.63, 3.8) is 0 Å². The first-order valence-electron chi connectivity index (χ1n) is 5.41. The lowest BCUT2D eigenvalue weighted by atomic mass is 10.2. The monoisotopic (exact) mass is 225 g/mol. The summed E-state index contributed by atoms with van der Waals surface area (Å²) in [7, 11) is 0. The first-order valence-corrected chi connectivity index (χ1v) is 5.41. The second-order valence-electron chi connectivity index (χ2n) is 4.64. The van der Waals surface area contributed by atoms with Crippen molar-refractivity contribution in [2.75, 3.05) is 6.54 Å². The second-order valence-corrected chi connectivity index (χ2v) is 4.64. The highest BCUT2D eigenvalue weighted by atomic mass is 16.6. The Morgan fingerprint density at radius 1 is 1.50 bits per heavy atom. The van der Waals surface area contributed by atoms with Gasteiger partial charge in [-0.2, -0.15) is 0 Å². The van der Waals surface area contributed by atoms with Gasteiger partial charge in [-0.25, -0.2) is 0 Å². The molecule has 0 saturated heterocycles. The number of furan rings is 1. The summed E-state index contributed by atoms with van der Waals surface area (Å²) in [5, 5.41) is 3.14. The number of hydrogen-bond donors (Lipinski definition) is 1. The molecule has 0 unspecified atom stereocenters. The molecule has 0 spiro atoms. The van der Waals surface area contributed by atoms with E-state index in [0.29, 0.717) is 19.5 Å². The molecule has 90 valence electrons. The van der Waals surface area contributed by atoms with Gasteiger partial charge in [0.15, 0.2) is 0 Å². The van der Waals surface area contributed by atoms with Crippen LogP contribution >= 0.6 is 0 Å². The minimum Gasteiger partial charge on any atom is -0.472 e. The Morgan fingerprint density at radius 2 is 2.25 bits per heavy atom. The third-order valence-corrected chi connectivity index (χ3v) is 1.84. The zero-order valence-electron chi connectivity index (χ0n) is 10.1. The molecule has 0 fully saturated rings. The molecule has 0 amide bonds. The van der Waals surface area contributed by atoms with E-state index in [-0.39, 0.29) is 5.97 Å². The SMILES string of the molecule is CC(C)(C)OC(=O)CCNCc1ccoc1. The predicted molar refractivity (Wildman–Crippen MR) is 60.9 cm³/mol. The lowest BCUT2D eigenvalue weighted by Gasteiger charge is -2.19. The zero-order chi connectivity index (χ0) is 12.0. The maximum absolute atomic E-state index is 11.3. The number of ether oxygens (including phenoxy) is 1. The largest absolute Gasteiger partial charge is 0.472 e. The molecule has 1 rings (SSSR count). The van der Waals surface area contributed by atoms with Crippen molar-refractivity contribution < 1.29 is 13.9 Å². The van der Waals surface area contributed by atoms with Crippen LogP contribution < -0.4 is 5.32 Å². The summed E-state index contributed by atoms with van der Waals surface area (Å²) in [6, 6.07) is 1.89. The maximum atomic E-state index is 11.3. The Morgan fingerprint density at radius 3 is 2.81 bits per heavy atom. The van der Waals surface area contributed by atoms with Gasteiger partial charge in [0.2, 0.25) is 0 Å². The van der Waals surface area contributed by atoms with Gasteiger partial charge in [0, 0.05) is 18.7 Å². The van der Waals surface area contributed by atoms with Gasteiger partial charge in [0.05, 0.1) is 18.9 Å².